The number of rotatable bonds is 3. The first-order valence-electron chi connectivity index (χ1n) is 2.18. The van der Waals surface area contributed by atoms with E-state index in [0.29, 0.717) is 11.6 Å². The van der Waals surface area contributed by atoms with Gasteiger partial charge in [0.25, 0.3) is 0 Å². The van der Waals surface area contributed by atoms with E-state index < -0.39 is 0 Å². The van der Waals surface area contributed by atoms with Crippen LogP contribution in [-0.2, 0) is 9.63 Å². The summed E-state index contributed by atoms with van der Waals surface area (Å²) in [6, 6.07) is 0. The molecule has 5 heteroatoms. The van der Waals surface area contributed by atoms with Crippen molar-refractivity contribution >= 4 is 22.9 Å². The zero-order valence-corrected chi connectivity index (χ0v) is 5.22. The quantitative estimate of drug-likeness (QED) is 0.499. The summed E-state index contributed by atoms with van der Waals surface area (Å²) in [6.45, 7) is 0.307. The molecule has 0 aliphatic heterocycles. The summed E-state index contributed by atoms with van der Waals surface area (Å²) in [6.07, 6.45) is 1.61. The number of anilines is 1. The van der Waals surface area contributed by atoms with Gasteiger partial charge in [-0.25, -0.2) is 4.98 Å². The van der Waals surface area contributed by atoms with Gasteiger partial charge in [-0.3, -0.25) is 4.79 Å². The van der Waals surface area contributed by atoms with Gasteiger partial charge >= 0.3 is 6.47 Å². The Bertz CT molecular complexity index is 175. The van der Waals surface area contributed by atoms with Crippen LogP contribution in [0.4, 0.5) is 5.13 Å². The Morgan fingerprint density at radius 2 is 2.78 bits per heavy atom. The Labute approximate surface area is 55.4 Å². The Hall–Kier alpha value is -1.10. The average molecular weight is 144 g/mol. The van der Waals surface area contributed by atoms with Crippen molar-refractivity contribution < 1.29 is 9.63 Å². The molecule has 0 spiro atoms. The number of carbonyl (C=O) groups is 1. The van der Waals surface area contributed by atoms with Gasteiger partial charge in [0, 0.05) is 11.6 Å². The summed E-state index contributed by atoms with van der Waals surface area (Å²) in [4.78, 5) is 17.6. The number of carbonyl (C=O) groups excluding carboxylic acids is 1. The zero-order valence-electron chi connectivity index (χ0n) is 4.40. The highest BCUT2D eigenvalue weighted by atomic mass is 32.1. The lowest BCUT2D eigenvalue weighted by Gasteiger charge is -1.92. The number of aromatic nitrogens is 1. The van der Waals surface area contributed by atoms with Gasteiger partial charge in [0.15, 0.2) is 0 Å². The van der Waals surface area contributed by atoms with E-state index in [4.69, 9.17) is 0 Å². The second-order valence-electron chi connectivity index (χ2n) is 1.15. The van der Waals surface area contributed by atoms with Crippen LogP contribution in [0.1, 0.15) is 0 Å². The molecule has 0 saturated carbocycles. The van der Waals surface area contributed by atoms with Crippen LogP contribution in [0.15, 0.2) is 11.6 Å². The van der Waals surface area contributed by atoms with Crippen molar-refractivity contribution in [2.75, 3.05) is 5.48 Å². The van der Waals surface area contributed by atoms with E-state index in [-0.39, 0.29) is 0 Å². The van der Waals surface area contributed by atoms with Crippen LogP contribution in [-0.4, -0.2) is 11.5 Å². The van der Waals surface area contributed by atoms with Crippen LogP contribution in [0.5, 0.6) is 0 Å². The van der Waals surface area contributed by atoms with Gasteiger partial charge in [0.1, 0.15) is 0 Å². The smallest absolute Gasteiger partial charge is 0.320 e. The number of nitrogens with zero attached hydrogens (tertiary/aromatic N) is 1. The Balaban J connectivity index is 2.38. The normalized spacial score (nSPS) is 8.44. The molecule has 0 fully saturated rings. The van der Waals surface area contributed by atoms with E-state index in [1.165, 1.54) is 11.3 Å². The second-order valence-corrected chi connectivity index (χ2v) is 2.05. The van der Waals surface area contributed by atoms with E-state index in [2.05, 4.69) is 15.3 Å². The maximum absolute atomic E-state index is 9.59. The highest BCUT2D eigenvalue weighted by Crippen LogP contribution is 2.08. The molecule has 0 unspecified atom stereocenters. The summed E-state index contributed by atoms with van der Waals surface area (Å²) < 4.78 is 0. The van der Waals surface area contributed by atoms with Gasteiger partial charge in [-0.2, -0.15) is 5.48 Å². The summed E-state index contributed by atoms with van der Waals surface area (Å²) in [7, 11) is 0. The summed E-state index contributed by atoms with van der Waals surface area (Å²) >= 11 is 1.36. The third-order valence-corrected chi connectivity index (χ3v) is 1.30. The molecule has 0 saturated heterocycles. The molecule has 1 N–H and O–H groups in total. The maximum Gasteiger partial charge on any atom is 0.320 e. The van der Waals surface area contributed by atoms with Gasteiger partial charge in [-0.1, -0.05) is 0 Å². The van der Waals surface area contributed by atoms with Crippen molar-refractivity contribution in [3.05, 3.63) is 11.6 Å². The predicted molar refractivity (Wildman–Crippen MR) is 32.9 cm³/mol. The first-order valence-corrected chi connectivity index (χ1v) is 3.06. The lowest BCUT2D eigenvalue weighted by atomic mass is 11.0. The minimum Gasteiger partial charge on any atom is -0.345 e. The van der Waals surface area contributed by atoms with Crippen LogP contribution < -0.4 is 5.48 Å². The minimum absolute atomic E-state index is 0.307. The maximum atomic E-state index is 9.59. The summed E-state index contributed by atoms with van der Waals surface area (Å²) in [5.41, 5.74) is 2.31. The predicted octanol–water partition coefficient (Wildman–Crippen LogP) is 0.643. The Kier molecular flexibility index (Phi) is 2.03. The van der Waals surface area contributed by atoms with Crippen molar-refractivity contribution in [3.63, 3.8) is 0 Å². The van der Waals surface area contributed by atoms with Crippen LogP contribution in [0.3, 0.4) is 0 Å². The van der Waals surface area contributed by atoms with Gasteiger partial charge in [-0.15, -0.1) is 11.3 Å². The molecule has 0 radical (unpaired) electrons. The number of hydrogen-bond acceptors (Lipinski definition) is 5. The van der Waals surface area contributed by atoms with E-state index >= 15 is 0 Å². The van der Waals surface area contributed by atoms with Gasteiger partial charge in [0.2, 0.25) is 5.13 Å². The summed E-state index contributed by atoms with van der Waals surface area (Å²) in [5, 5.41) is 2.35. The van der Waals surface area contributed by atoms with Gasteiger partial charge in [-0.05, 0) is 0 Å². The first kappa shape index (κ1) is 6.03. The number of nitrogens with one attached hydrogen (secondary N) is 1. The topological polar surface area (TPSA) is 51.2 Å². The van der Waals surface area contributed by atoms with E-state index in [1.807, 2.05) is 0 Å². The lowest BCUT2D eigenvalue weighted by Crippen LogP contribution is -1.96. The molecule has 0 atom stereocenters. The first-order chi connectivity index (χ1) is 4.43. The monoisotopic (exact) mass is 144 g/mol. The zero-order chi connectivity index (χ0) is 6.53. The van der Waals surface area contributed by atoms with Crippen molar-refractivity contribution in [1.29, 1.82) is 0 Å². The molecule has 0 aliphatic rings. The highest BCUT2D eigenvalue weighted by molar-refractivity contribution is 7.13. The molecule has 0 aliphatic carbocycles. The average Bonchev–Trinajstić information content (AvgIpc) is 2.34. The fourth-order valence-corrected chi connectivity index (χ4v) is 0.817. The SMILES string of the molecule is O=CONc1nccs1. The molecule has 4 nitrogen and oxygen atoms in total. The summed E-state index contributed by atoms with van der Waals surface area (Å²) in [5.74, 6) is 0. The molecule has 0 aromatic carbocycles. The van der Waals surface area contributed by atoms with E-state index in [9.17, 15) is 4.79 Å². The molecule has 0 bridgehead atoms. The Morgan fingerprint density at radius 1 is 1.89 bits per heavy atom. The van der Waals surface area contributed by atoms with Crippen LogP contribution in [0.2, 0.25) is 0 Å². The standard InChI is InChI=1S/C4H4N2O2S/c7-3-8-6-4-5-1-2-9-4/h1-3H,(H,5,6). The van der Waals surface area contributed by atoms with Gasteiger partial charge < -0.3 is 4.84 Å². The van der Waals surface area contributed by atoms with Crippen LogP contribution in [0.25, 0.3) is 0 Å². The van der Waals surface area contributed by atoms with Crippen molar-refractivity contribution in [2.45, 2.75) is 0 Å². The largest absolute Gasteiger partial charge is 0.345 e. The highest BCUT2D eigenvalue weighted by Gasteiger charge is 1.89. The molecule has 1 rings (SSSR count). The molecular formula is C4H4N2O2S. The molecule has 1 aromatic heterocycles. The van der Waals surface area contributed by atoms with E-state index in [1.54, 1.807) is 11.6 Å². The molecule has 48 valence electrons. The fourth-order valence-electron chi connectivity index (χ4n) is 0.348. The van der Waals surface area contributed by atoms with Crippen molar-refractivity contribution in [1.82, 2.24) is 4.98 Å². The van der Waals surface area contributed by atoms with Crippen LogP contribution in [0, 0.1) is 0 Å². The van der Waals surface area contributed by atoms with Crippen molar-refractivity contribution in [2.24, 2.45) is 0 Å². The molecular weight excluding hydrogens is 140 g/mol. The second kappa shape index (κ2) is 3.03. The lowest BCUT2D eigenvalue weighted by molar-refractivity contribution is -0.126. The van der Waals surface area contributed by atoms with Crippen LogP contribution >= 0.6 is 11.3 Å². The Morgan fingerprint density at radius 3 is 3.33 bits per heavy atom. The minimum atomic E-state index is 0.307. The number of thiazole rings is 1. The molecule has 1 aromatic rings. The van der Waals surface area contributed by atoms with E-state index in [0.717, 1.165) is 0 Å². The molecule has 9 heavy (non-hydrogen) atoms. The molecule has 1 heterocycles. The molecule has 0 amide bonds. The third kappa shape index (κ3) is 1.69. The fraction of sp³-hybridized carbons (Fsp3) is 0. The van der Waals surface area contributed by atoms with Gasteiger partial charge in [0.05, 0.1) is 0 Å². The number of hydrogen-bond donors (Lipinski definition) is 1. The third-order valence-electron chi connectivity index (χ3n) is 0.627. The van der Waals surface area contributed by atoms with Crippen molar-refractivity contribution in [3.8, 4) is 0 Å².